The standard InChI is InChI=1S/C16H25NO3/c1-10-7-13(9-18)8-11(2)14(10)20-12(3)15(19)17-16(4,5)6/h7-8,12,18H,9H2,1-6H3,(H,17,19). The second-order valence-electron chi connectivity index (χ2n) is 6.22. The van der Waals surface area contributed by atoms with Crippen molar-refractivity contribution in [3.05, 3.63) is 28.8 Å². The summed E-state index contributed by atoms with van der Waals surface area (Å²) in [6, 6.07) is 3.74. The third-order valence-electron chi connectivity index (χ3n) is 2.86. The van der Waals surface area contributed by atoms with Crippen molar-refractivity contribution in [3.63, 3.8) is 0 Å². The fourth-order valence-corrected chi connectivity index (χ4v) is 2.02. The quantitative estimate of drug-likeness (QED) is 0.890. The Morgan fingerprint density at radius 1 is 1.30 bits per heavy atom. The van der Waals surface area contributed by atoms with E-state index in [4.69, 9.17) is 4.74 Å². The molecule has 0 fully saturated rings. The van der Waals surface area contributed by atoms with Crippen LogP contribution >= 0.6 is 0 Å². The molecule has 0 saturated carbocycles. The summed E-state index contributed by atoms with van der Waals surface area (Å²) >= 11 is 0. The lowest BCUT2D eigenvalue weighted by Crippen LogP contribution is -2.46. The Hall–Kier alpha value is -1.55. The summed E-state index contributed by atoms with van der Waals surface area (Å²) in [5.74, 6) is 0.571. The van der Waals surface area contributed by atoms with Crippen LogP contribution < -0.4 is 10.1 Å². The predicted molar refractivity (Wildman–Crippen MR) is 79.8 cm³/mol. The summed E-state index contributed by atoms with van der Waals surface area (Å²) in [5, 5.41) is 12.1. The van der Waals surface area contributed by atoms with Crippen molar-refractivity contribution >= 4 is 5.91 Å². The maximum Gasteiger partial charge on any atom is 0.261 e. The van der Waals surface area contributed by atoms with Gasteiger partial charge in [0.2, 0.25) is 0 Å². The van der Waals surface area contributed by atoms with Crippen molar-refractivity contribution in [2.75, 3.05) is 0 Å². The van der Waals surface area contributed by atoms with Gasteiger partial charge in [0.15, 0.2) is 6.10 Å². The predicted octanol–water partition coefficient (Wildman–Crippen LogP) is 2.48. The highest BCUT2D eigenvalue weighted by Crippen LogP contribution is 2.26. The van der Waals surface area contributed by atoms with E-state index < -0.39 is 6.10 Å². The van der Waals surface area contributed by atoms with Crippen LogP contribution in [-0.2, 0) is 11.4 Å². The van der Waals surface area contributed by atoms with Crippen LogP contribution in [0.5, 0.6) is 5.75 Å². The molecule has 20 heavy (non-hydrogen) atoms. The first-order valence-corrected chi connectivity index (χ1v) is 6.83. The van der Waals surface area contributed by atoms with Crippen molar-refractivity contribution in [1.82, 2.24) is 5.32 Å². The largest absolute Gasteiger partial charge is 0.480 e. The van der Waals surface area contributed by atoms with E-state index in [0.29, 0.717) is 5.75 Å². The Kier molecular flexibility index (Phi) is 5.17. The number of carbonyl (C=O) groups is 1. The van der Waals surface area contributed by atoms with Crippen molar-refractivity contribution < 1.29 is 14.6 Å². The summed E-state index contributed by atoms with van der Waals surface area (Å²) < 4.78 is 5.79. The van der Waals surface area contributed by atoms with Crippen LogP contribution in [0.1, 0.15) is 44.4 Å². The normalized spacial score (nSPS) is 12.9. The van der Waals surface area contributed by atoms with E-state index in [1.54, 1.807) is 6.92 Å². The lowest BCUT2D eigenvalue weighted by Gasteiger charge is -2.24. The first-order chi connectivity index (χ1) is 9.14. The van der Waals surface area contributed by atoms with Crippen LogP contribution in [-0.4, -0.2) is 22.7 Å². The van der Waals surface area contributed by atoms with E-state index in [1.165, 1.54) is 0 Å². The summed E-state index contributed by atoms with van der Waals surface area (Å²) in [6.45, 7) is 11.4. The first kappa shape index (κ1) is 16.5. The monoisotopic (exact) mass is 279 g/mol. The molecule has 0 bridgehead atoms. The van der Waals surface area contributed by atoms with Crippen LogP contribution in [0.4, 0.5) is 0 Å². The van der Waals surface area contributed by atoms with Crippen LogP contribution in [0.15, 0.2) is 12.1 Å². The van der Waals surface area contributed by atoms with Gasteiger partial charge in [0.1, 0.15) is 5.75 Å². The second kappa shape index (κ2) is 6.27. The molecule has 4 nitrogen and oxygen atoms in total. The van der Waals surface area contributed by atoms with Crippen LogP contribution in [0.25, 0.3) is 0 Å². The number of carbonyl (C=O) groups excluding carboxylic acids is 1. The zero-order chi connectivity index (χ0) is 15.5. The zero-order valence-electron chi connectivity index (χ0n) is 13.2. The topological polar surface area (TPSA) is 58.6 Å². The molecule has 4 heteroatoms. The molecule has 1 unspecified atom stereocenters. The van der Waals surface area contributed by atoms with Crippen molar-refractivity contribution in [2.45, 2.75) is 59.8 Å². The molecule has 0 aliphatic carbocycles. The fraction of sp³-hybridized carbons (Fsp3) is 0.562. The average molecular weight is 279 g/mol. The highest BCUT2D eigenvalue weighted by molar-refractivity contribution is 5.81. The Morgan fingerprint density at radius 2 is 1.80 bits per heavy atom. The van der Waals surface area contributed by atoms with E-state index in [2.05, 4.69) is 5.32 Å². The number of rotatable bonds is 4. The van der Waals surface area contributed by atoms with Gasteiger partial charge in [-0.2, -0.15) is 0 Å². The van der Waals surface area contributed by atoms with Gasteiger partial charge >= 0.3 is 0 Å². The molecule has 1 aromatic carbocycles. The van der Waals surface area contributed by atoms with E-state index in [9.17, 15) is 9.90 Å². The summed E-state index contributed by atoms with van der Waals surface area (Å²) in [4.78, 5) is 12.0. The fourth-order valence-electron chi connectivity index (χ4n) is 2.02. The van der Waals surface area contributed by atoms with E-state index in [0.717, 1.165) is 16.7 Å². The number of hydrogen-bond acceptors (Lipinski definition) is 3. The van der Waals surface area contributed by atoms with Crippen LogP contribution in [0.2, 0.25) is 0 Å². The van der Waals surface area contributed by atoms with Crippen molar-refractivity contribution in [3.8, 4) is 5.75 Å². The van der Waals surface area contributed by atoms with Gasteiger partial charge in [-0.15, -0.1) is 0 Å². The average Bonchev–Trinajstić information content (AvgIpc) is 2.30. The molecule has 0 aliphatic heterocycles. The lowest BCUT2D eigenvalue weighted by atomic mass is 10.1. The number of hydrogen-bond donors (Lipinski definition) is 2. The molecule has 0 spiro atoms. The highest BCUT2D eigenvalue weighted by atomic mass is 16.5. The maximum absolute atomic E-state index is 12.0. The maximum atomic E-state index is 12.0. The smallest absolute Gasteiger partial charge is 0.261 e. The van der Waals surface area contributed by atoms with Gasteiger partial charge in [-0.05, 0) is 58.2 Å². The molecule has 0 heterocycles. The molecule has 0 saturated heterocycles. The van der Waals surface area contributed by atoms with Crippen molar-refractivity contribution in [2.24, 2.45) is 0 Å². The molecule has 0 aliphatic rings. The Morgan fingerprint density at radius 3 is 2.20 bits per heavy atom. The van der Waals surface area contributed by atoms with Gasteiger partial charge in [-0.3, -0.25) is 4.79 Å². The number of aryl methyl sites for hydroxylation is 2. The van der Waals surface area contributed by atoms with Crippen molar-refractivity contribution in [1.29, 1.82) is 0 Å². The second-order valence-corrected chi connectivity index (χ2v) is 6.22. The number of aliphatic hydroxyl groups is 1. The minimum atomic E-state index is -0.563. The zero-order valence-corrected chi connectivity index (χ0v) is 13.2. The SMILES string of the molecule is Cc1cc(CO)cc(C)c1OC(C)C(=O)NC(C)(C)C. The Bertz CT molecular complexity index is 466. The Balaban J connectivity index is 2.86. The van der Waals surface area contributed by atoms with Gasteiger partial charge in [0.25, 0.3) is 5.91 Å². The highest BCUT2D eigenvalue weighted by Gasteiger charge is 2.21. The summed E-state index contributed by atoms with van der Waals surface area (Å²) in [6.07, 6.45) is -0.563. The van der Waals surface area contributed by atoms with Gasteiger partial charge in [0.05, 0.1) is 6.61 Å². The molecule has 0 radical (unpaired) electrons. The molecular formula is C16H25NO3. The molecule has 1 aromatic rings. The van der Waals surface area contributed by atoms with Gasteiger partial charge in [-0.25, -0.2) is 0 Å². The van der Waals surface area contributed by atoms with E-state index >= 15 is 0 Å². The third-order valence-corrected chi connectivity index (χ3v) is 2.86. The van der Waals surface area contributed by atoms with Crippen LogP contribution in [0, 0.1) is 13.8 Å². The van der Waals surface area contributed by atoms with Gasteiger partial charge in [0, 0.05) is 5.54 Å². The summed E-state index contributed by atoms with van der Waals surface area (Å²) in [7, 11) is 0. The molecule has 112 valence electrons. The number of ether oxygens (including phenoxy) is 1. The van der Waals surface area contributed by atoms with Crippen LogP contribution in [0.3, 0.4) is 0 Å². The molecule has 0 aromatic heterocycles. The molecule has 1 atom stereocenters. The number of benzene rings is 1. The minimum absolute atomic E-state index is 0.00201. The molecule has 1 amide bonds. The third kappa shape index (κ3) is 4.53. The molecule has 1 rings (SSSR count). The number of amides is 1. The first-order valence-electron chi connectivity index (χ1n) is 6.83. The molecule has 2 N–H and O–H groups in total. The van der Waals surface area contributed by atoms with E-state index in [-0.39, 0.29) is 18.1 Å². The number of nitrogens with one attached hydrogen (secondary N) is 1. The van der Waals surface area contributed by atoms with Gasteiger partial charge in [-0.1, -0.05) is 12.1 Å². The Labute approximate surface area is 121 Å². The minimum Gasteiger partial charge on any atom is -0.480 e. The van der Waals surface area contributed by atoms with Gasteiger partial charge < -0.3 is 15.2 Å². The van der Waals surface area contributed by atoms with E-state index in [1.807, 2.05) is 46.8 Å². The number of aliphatic hydroxyl groups excluding tert-OH is 1. The lowest BCUT2D eigenvalue weighted by molar-refractivity contribution is -0.128. The molecular weight excluding hydrogens is 254 g/mol. The summed E-state index contributed by atoms with van der Waals surface area (Å²) in [5.41, 5.74) is 2.41.